The number of nitrogens with two attached hydrogens (primary N) is 1. The lowest BCUT2D eigenvalue weighted by Gasteiger charge is -2.37. The first-order valence-electron chi connectivity index (χ1n) is 10.8. The average molecular weight is 398 g/mol. The van der Waals surface area contributed by atoms with Crippen LogP contribution in [0.4, 0.5) is 0 Å². The van der Waals surface area contributed by atoms with Gasteiger partial charge in [0.1, 0.15) is 0 Å². The lowest BCUT2D eigenvalue weighted by Crippen LogP contribution is -2.38. The van der Waals surface area contributed by atoms with E-state index in [9.17, 15) is 9.90 Å². The number of amides is 1. The molecule has 1 aliphatic carbocycles. The standard InChI is InChI=1S/C24H35N3O2/c1-3-4-13-24(23(25)29)14-10-20(11-15-24)26(2)22(19-8-6-5-7-9-19)18-27-16-12-21(28)17-27/h5-11,14,21-22,28H,3-4,12-13,15-18H2,1-2H3,(H2,25,29). The van der Waals surface area contributed by atoms with Crippen molar-refractivity contribution >= 4 is 5.91 Å². The van der Waals surface area contributed by atoms with E-state index in [4.69, 9.17) is 5.73 Å². The van der Waals surface area contributed by atoms with Crippen LogP contribution in [0.3, 0.4) is 0 Å². The Kier molecular flexibility index (Phi) is 7.14. The van der Waals surface area contributed by atoms with Crippen molar-refractivity contribution < 1.29 is 9.90 Å². The number of carbonyl (C=O) groups excluding carboxylic acids is 1. The van der Waals surface area contributed by atoms with Gasteiger partial charge in [-0.05, 0) is 30.9 Å². The molecule has 1 heterocycles. The van der Waals surface area contributed by atoms with Gasteiger partial charge in [0.15, 0.2) is 0 Å². The van der Waals surface area contributed by atoms with E-state index in [1.165, 1.54) is 5.56 Å². The summed E-state index contributed by atoms with van der Waals surface area (Å²) < 4.78 is 0. The second-order valence-electron chi connectivity index (χ2n) is 8.53. The molecule has 1 aromatic rings. The van der Waals surface area contributed by atoms with Crippen LogP contribution in [0, 0.1) is 5.41 Å². The van der Waals surface area contributed by atoms with Crippen LogP contribution in [0.5, 0.6) is 0 Å². The van der Waals surface area contributed by atoms with E-state index in [2.05, 4.69) is 60.2 Å². The SMILES string of the molecule is CCCCC1(C(N)=O)C=CC(N(C)C(CN2CCC(O)C2)c2ccccc2)=CC1. The lowest BCUT2D eigenvalue weighted by molar-refractivity contribution is -0.125. The molecule has 1 amide bonds. The molecule has 158 valence electrons. The van der Waals surface area contributed by atoms with Gasteiger partial charge in [0, 0.05) is 32.4 Å². The Labute approximate surface area is 174 Å². The van der Waals surface area contributed by atoms with Gasteiger partial charge in [0.2, 0.25) is 5.91 Å². The number of rotatable bonds is 9. The van der Waals surface area contributed by atoms with Crippen molar-refractivity contribution in [3.63, 3.8) is 0 Å². The normalized spacial score (nSPS) is 25.6. The number of unbranched alkanes of at least 4 members (excludes halogenated alkanes) is 1. The summed E-state index contributed by atoms with van der Waals surface area (Å²) in [4.78, 5) is 16.8. The van der Waals surface area contributed by atoms with Crippen LogP contribution in [-0.4, -0.2) is 53.6 Å². The van der Waals surface area contributed by atoms with Gasteiger partial charge in [0.25, 0.3) is 0 Å². The third-order valence-electron chi connectivity index (χ3n) is 6.45. The number of β-amino-alcohol motifs (C(OH)–C–C–N with tert-alkyl or cyclic N) is 1. The zero-order chi connectivity index (χ0) is 20.9. The molecule has 1 saturated heterocycles. The van der Waals surface area contributed by atoms with Crippen molar-refractivity contribution in [3.8, 4) is 0 Å². The Morgan fingerprint density at radius 1 is 1.38 bits per heavy atom. The highest BCUT2D eigenvalue weighted by Gasteiger charge is 2.35. The third kappa shape index (κ3) is 5.09. The number of hydrogen-bond donors (Lipinski definition) is 2. The van der Waals surface area contributed by atoms with Gasteiger partial charge in [-0.1, -0.05) is 62.2 Å². The van der Waals surface area contributed by atoms with Crippen LogP contribution in [-0.2, 0) is 4.79 Å². The van der Waals surface area contributed by atoms with Crippen molar-refractivity contribution in [2.24, 2.45) is 11.1 Å². The number of benzene rings is 1. The molecule has 2 aliphatic rings. The minimum absolute atomic E-state index is 0.175. The number of allylic oxidation sites excluding steroid dienone is 2. The third-order valence-corrected chi connectivity index (χ3v) is 6.45. The van der Waals surface area contributed by atoms with Crippen LogP contribution < -0.4 is 5.73 Å². The van der Waals surface area contributed by atoms with Crippen molar-refractivity contribution in [3.05, 3.63) is 59.8 Å². The topological polar surface area (TPSA) is 69.8 Å². The van der Waals surface area contributed by atoms with Crippen molar-refractivity contribution in [2.45, 2.75) is 51.2 Å². The number of likely N-dealkylation sites (tertiary alicyclic amines) is 1. The van der Waals surface area contributed by atoms with E-state index in [0.29, 0.717) is 6.42 Å². The van der Waals surface area contributed by atoms with Crippen molar-refractivity contribution in [1.29, 1.82) is 0 Å². The molecule has 1 aliphatic heterocycles. The molecule has 3 unspecified atom stereocenters. The molecule has 3 atom stereocenters. The van der Waals surface area contributed by atoms with Gasteiger partial charge in [0.05, 0.1) is 17.6 Å². The molecular weight excluding hydrogens is 362 g/mol. The van der Waals surface area contributed by atoms with Gasteiger partial charge in [-0.3, -0.25) is 9.69 Å². The minimum Gasteiger partial charge on any atom is -0.392 e. The Balaban J connectivity index is 1.78. The molecule has 0 radical (unpaired) electrons. The Bertz CT molecular complexity index is 746. The highest BCUT2D eigenvalue weighted by atomic mass is 16.3. The molecule has 0 aromatic heterocycles. The highest BCUT2D eigenvalue weighted by molar-refractivity contribution is 5.83. The van der Waals surface area contributed by atoms with Crippen molar-refractivity contribution in [2.75, 3.05) is 26.7 Å². The van der Waals surface area contributed by atoms with E-state index in [0.717, 1.165) is 51.0 Å². The fourth-order valence-electron chi connectivity index (χ4n) is 4.44. The second kappa shape index (κ2) is 9.59. The first kappa shape index (κ1) is 21.6. The average Bonchev–Trinajstić information content (AvgIpc) is 3.15. The highest BCUT2D eigenvalue weighted by Crippen LogP contribution is 2.37. The molecule has 1 fully saturated rings. The van der Waals surface area contributed by atoms with Gasteiger partial charge >= 0.3 is 0 Å². The number of aliphatic hydroxyl groups is 1. The lowest BCUT2D eigenvalue weighted by atomic mass is 9.76. The predicted octanol–water partition coefficient (Wildman–Crippen LogP) is 3.23. The van der Waals surface area contributed by atoms with Gasteiger partial charge in [-0.15, -0.1) is 0 Å². The molecule has 0 bridgehead atoms. The summed E-state index contributed by atoms with van der Waals surface area (Å²) in [5.41, 5.74) is 7.59. The molecule has 0 spiro atoms. The fourth-order valence-corrected chi connectivity index (χ4v) is 4.44. The number of primary amides is 1. The quantitative estimate of drug-likeness (QED) is 0.671. The van der Waals surface area contributed by atoms with Crippen LogP contribution in [0.1, 0.15) is 50.6 Å². The largest absolute Gasteiger partial charge is 0.392 e. The number of nitrogens with zero attached hydrogens (tertiary/aromatic N) is 2. The van der Waals surface area contributed by atoms with Gasteiger partial charge in [-0.2, -0.15) is 0 Å². The summed E-state index contributed by atoms with van der Waals surface area (Å²) in [6, 6.07) is 10.7. The number of likely N-dealkylation sites (N-methyl/N-ethyl adjacent to an activating group) is 1. The summed E-state index contributed by atoms with van der Waals surface area (Å²) in [5, 5.41) is 9.93. The van der Waals surface area contributed by atoms with Gasteiger partial charge in [-0.25, -0.2) is 0 Å². The van der Waals surface area contributed by atoms with Crippen molar-refractivity contribution in [1.82, 2.24) is 9.80 Å². The van der Waals surface area contributed by atoms with Crippen LogP contribution in [0.2, 0.25) is 0 Å². The maximum Gasteiger partial charge on any atom is 0.227 e. The molecule has 3 N–H and O–H groups in total. The Morgan fingerprint density at radius 2 is 2.14 bits per heavy atom. The summed E-state index contributed by atoms with van der Waals surface area (Å²) >= 11 is 0. The fraction of sp³-hybridized carbons (Fsp3) is 0.542. The molecule has 1 aromatic carbocycles. The first-order valence-corrected chi connectivity index (χ1v) is 10.8. The molecule has 5 nitrogen and oxygen atoms in total. The van der Waals surface area contributed by atoms with Crippen LogP contribution in [0.25, 0.3) is 0 Å². The maximum atomic E-state index is 12.2. The predicted molar refractivity (Wildman–Crippen MR) is 117 cm³/mol. The van der Waals surface area contributed by atoms with E-state index in [1.807, 2.05) is 12.1 Å². The number of hydrogen-bond acceptors (Lipinski definition) is 4. The van der Waals surface area contributed by atoms with E-state index < -0.39 is 5.41 Å². The molecule has 0 saturated carbocycles. The zero-order valence-electron chi connectivity index (χ0n) is 17.8. The van der Waals surface area contributed by atoms with E-state index in [-0.39, 0.29) is 18.1 Å². The maximum absolute atomic E-state index is 12.2. The number of carbonyl (C=O) groups is 1. The van der Waals surface area contributed by atoms with E-state index in [1.54, 1.807) is 0 Å². The first-order chi connectivity index (χ1) is 13.9. The molecule has 5 heteroatoms. The summed E-state index contributed by atoms with van der Waals surface area (Å²) in [7, 11) is 2.11. The summed E-state index contributed by atoms with van der Waals surface area (Å²) in [6.07, 6.45) is 10.4. The summed E-state index contributed by atoms with van der Waals surface area (Å²) in [6.45, 7) is 4.65. The smallest absolute Gasteiger partial charge is 0.227 e. The van der Waals surface area contributed by atoms with Gasteiger partial charge < -0.3 is 15.7 Å². The molecular formula is C24H35N3O2. The van der Waals surface area contributed by atoms with Crippen LogP contribution >= 0.6 is 0 Å². The monoisotopic (exact) mass is 397 g/mol. The Hall–Kier alpha value is -2.11. The summed E-state index contributed by atoms with van der Waals surface area (Å²) in [5.74, 6) is -0.231. The number of aliphatic hydroxyl groups excluding tert-OH is 1. The zero-order valence-corrected chi connectivity index (χ0v) is 17.8. The molecule has 29 heavy (non-hydrogen) atoms. The Morgan fingerprint density at radius 3 is 2.69 bits per heavy atom. The van der Waals surface area contributed by atoms with Crippen LogP contribution in [0.15, 0.2) is 54.3 Å². The van der Waals surface area contributed by atoms with E-state index >= 15 is 0 Å². The minimum atomic E-state index is -0.554. The molecule has 3 rings (SSSR count). The second-order valence-corrected chi connectivity index (χ2v) is 8.53.